The van der Waals surface area contributed by atoms with E-state index in [4.69, 9.17) is 0 Å². The largest absolute Gasteiger partial charge is 0.341 e. The van der Waals surface area contributed by atoms with Crippen LogP contribution in [-0.2, 0) is 11.3 Å². The number of amides is 1. The van der Waals surface area contributed by atoms with Crippen molar-refractivity contribution in [2.45, 2.75) is 25.8 Å². The van der Waals surface area contributed by atoms with Gasteiger partial charge in [0, 0.05) is 19.5 Å². The molecule has 2 aromatic rings. The second kappa shape index (κ2) is 5.04. The fourth-order valence-electron chi connectivity index (χ4n) is 2.73. The van der Waals surface area contributed by atoms with Crippen molar-refractivity contribution in [1.82, 2.24) is 4.90 Å². The first-order valence-electron chi connectivity index (χ1n) is 6.97. The van der Waals surface area contributed by atoms with Gasteiger partial charge in [-0.05, 0) is 29.2 Å². The molecular weight excluding hydrogens is 234 g/mol. The number of rotatable bonds is 3. The maximum absolute atomic E-state index is 12.2. The van der Waals surface area contributed by atoms with Crippen LogP contribution < -0.4 is 0 Å². The molecule has 2 aromatic carbocycles. The molecule has 0 saturated heterocycles. The van der Waals surface area contributed by atoms with Crippen molar-refractivity contribution in [3.8, 4) is 0 Å². The highest BCUT2D eigenvalue weighted by atomic mass is 16.2. The lowest BCUT2D eigenvalue weighted by Crippen LogP contribution is -2.35. The lowest BCUT2D eigenvalue weighted by molar-refractivity contribution is -0.137. The molecule has 0 bridgehead atoms. The van der Waals surface area contributed by atoms with Gasteiger partial charge in [0.25, 0.3) is 0 Å². The number of carbonyl (C=O) groups excluding carboxylic acids is 1. The van der Waals surface area contributed by atoms with Crippen molar-refractivity contribution >= 4 is 16.7 Å². The van der Waals surface area contributed by atoms with E-state index in [1.807, 2.05) is 11.9 Å². The SMILES string of the molecule is CN(Cc1cccc2ccccc12)C(=O)C1CCC1. The molecule has 1 saturated carbocycles. The van der Waals surface area contributed by atoms with Crippen LogP contribution in [0.4, 0.5) is 0 Å². The average molecular weight is 253 g/mol. The summed E-state index contributed by atoms with van der Waals surface area (Å²) in [6, 6.07) is 14.7. The Hall–Kier alpha value is -1.83. The molecule has 2 heteroatoms. The number of benzene rings is 2. The molecule has 0 spiro atoms. The van der Waals surface area contributed by atoms with E-state index in [0.29, 0.717) is 12.5 Å². The van der Waals surface area contributed by atoms with E-state index in [1.54, 1.807) is 0 Å². The molecule has 2 nitrogen and oxygen atoms in total. The molecule has 0 unspecified atom stereocenters. The van der Waals surface area contributed by atoms with E-state index in [9.17, 15) is 4.79 Å². The summed E-state index contributed by atoms with van der Waals surface area (Å²) in [6.07, 6.45) is 3.34. The molecule has 0 N–H and O–H groups in total. The summed E-state index contributed by atoms with van der Waals surface area (Å²) in [5, 5.41) is 2.49. The van der Waals surface area contributed by atoms with Crippen molar-refractivity contribution < 1.29 is 4.79 Å². The van der Waals surface area contributed by atoms with Gasteiger partial charge in [-0.1, -0.05) is 48.9 Å². The van der Waals surface area contributed by atoms with Crippen LogP contribution in [0.25, 0.3) is 10.8 Å². The Morgan fingerprint density at radius 3 is 2.63 bits per heavy atom. The summed E-state index contributed by atoms with van der Waals surface area (Å²) in [5.74, 6) is 0.583. The first-order valence-corrected chi connectivity index (χ1v) is 6.97. The third kappa shape index (κ3) is 2.35. The topological polar surface area (TPSA) is 20.3 Å². The van der Waals surface area contributed by atoms with Crippen LogP contribution in [0.1, 0.15) is 24.8 Å². The highest BCUT2D eigenvalue weighted by Gasteiger charge is 2.27. The summed E-state index contributed by atoms with van der Waals surface area (Å²) in [6.45, 7) is 0.705. The Morgan fingerprint density at radius 2 is 1.89 bits per heavy atom. The normalized spacial score (nSPS) is 15.2. The molecule has 1 aliphatic carbocycles. The Kier molecular flexibility index (Phi) is 3.24. The predicted molar refractivity (Wildman–Crippen MR) is 77.8 cm³/mol. The first kappa shape index (κ1) is 12.2. The van der Waals surface area contributed by atoms with Crippen molar-refractivity contribution in [3.63, 3.8) is 0 Å². The molecule has 1 amide bonds. The lowest BCUT2D eigenvalue weighted by Gasteiger charge is -2.29. The zero-order valence-corrected chi connectivity index (χ0v) is 11.3. The summed E-state index contributed by atoms with van der Waals surface area (Å²) in [4.78, 5) is 14.1. The van der Waals surface area contributed by atoms with Crippen molar-refractivity contribution in [3.05, 3.63) is 48.0 Å². The fourth-order valence-corrected chi connectivity index (χ4v) is 2.73. The number of hydrogen-bond donors (Lipinski definition) is 0. The van der Waals surface area contributed by atoms with E-state index < -0.39 is 0 Å². The molecule has 3 rings (SSSR count). The van der Waals surface area contributed by atoms with Gasteiger partial charge < -0.3 is 4.90 Å². The predicted octanol–water partition coefficient (Wildman–Crippen LogP) is 3.60. The zero-order valence-electron chi connectivity index (χ0n) is 11.3. The Bertz CT molecular complexity index is 596. The average Bonchev–Trinajstić information content (AvgIpc) is 2.37. The highest BCUT2D eigenvalue weighted by Crippen LogP contribution is 2.29. The Balaban J connectivity index is 1.82. The second-order valence-electron chi connectivity index (χ2n) is 5.46. The van der Waals surface area contributed by atoms with Crippen molar-refractivity contribution in [2.75, 3.05) is 7.05 Å². The van der Waals surface area contributed by atoms with E-state index in [-0.39, 0.29) is 5.92 Å². The van der Waals surface area contributed by atoms with Gasteiger partial charge in [-0.2, -0.15) is 0 Å². The van der Waals surface area contributed by atoms with Crippen LogP contribution in [0.3, 0.4) is 0 Å². The summed E-state index contributed by atoms with van der Waals surface area (Å²) >= 11 is 0. The van der Waals surface area contributed by atoms with Gasteiger partial charge in [-0.25, -0.2) is 0 Å². The maximum atomic E-state index is 12.2. The quantitative estimate of drug-likeness (QED) is 0.818. The molecule has 0 aromatic heterocycles. The standard InChI is InChI=1S/C17H19NO/c1-18(17(19)14-8-5-9-14)12-15-10-4-7-13-6-2-3-11-16(13)15/h2-4,6-7,10-11,14H,5,8-9,12H2,1H3. The van der Waals surface area contributed by atoms with Crippen LogP contribution in [0.2, 0.25) is 0 Å². The molecule has 19 heavy (non-hydrogen) atoms. The van der Waals surface area contributed by atoms with E-state index in [2.05, 4.69) is 42.5 Å². The van der Waals surface area contributed by atoms with Gasteiger partial charge >= 0.3 is 0 Å². The van der Waals surface area contributed by atoms with Crippen LogP contribution in [0, 0.1) is 5.92 Å². The van der Waals surface area contributed by atoms with Crippen LogP contribution in [0.15, 0.2) is 42.5 Å². The second-order valence-corrected chi connectivity index (χ2v) is 5.46. The minimum absolute atomic E-state index is 0.278. The van der Waals surface area contributed by atoms with Gasteiger partial charge in [0.1, 0.15) is 0 Å². The van der Waals surface area contributed by atoms with Gasteiger partial charge in [-0.15, -0.1) is 0 Å². The van der Waals surface area contributed by atoms with E-state index in [0.717, 1.165) is 12.8 Å². The summed E-state index contributed by atoms with van der Waals surface area (Å²) in [7, 11) is 1.92. The smallest absolute Gasteiger partial charge is 0.225 e. The van der Waals surface area contributed by atoms with Gasteiger partial charge in [-0.3, -0.25) is 4.79 Å². The minimum atomic E-state index is 0.278. The van der Waals surface area contributed by atoms with Crippen LogP contribution in [-0.4, -0.2) is 17.9 Å². The maximum Gasteiger partial charge on any atom is 0.225 e. The highest BCUT2D eigenvalue weighted by molar-refractivity contribution is 5.86. The van der Waals surface area contributed by atoms with Crippen molar-refractivity contribution in [2.24, 2.45) is 5.92 Å². The van der Waals surface area contributed by atoms with Gasteiger partial charge in [0.2, 0.25) is 5.91 Å². The number of hydrogen-bond acceptors (Lipinski definition) is 1. The van der Waals surface area contributed by atoms with Crippen LogP contribution in [0.5, 0.6) is 0 Å². The third-order valence-electron chi connectivity index (χ3n) is 4.12. The molecule has 0 aliphatic heterocycles. The summed E-state index contributed by atoms with van der Waals surface area (Å²) < 4.78 is 0. The monoisotopic (exact) mass is 253 g/mol. The zero-order chi connectivity index (χ0) is 13.2. The molecule has 0 heterocycles. The molecular formula is C17H19NO. The Labute approximate surface area is 114 Å². The fraction of sp³-hybridized carbons (Fsp3) is 0.353. The number of carbonyl (C=O) groups is 1. The van der Waals surface area contributed by atoms with Crippen molar-refractivity contribution in [1.29, 1.82) is 0 Å². The van der Waals surface area contributed by atoms with E-state index >= 15 is 0 Å². The van der Waals surface area contributed by atoms with Gasteiger partial charge in [0.15, 0.2) is 0 Å². The number of fused-ring (bicyclic) bond motifs is 1. The molecule has 98 valence electrons. The van der Waals surface area contributed by atoms with Crippen LogP contribution >= 0.6 is 0 Å². The number of nitrogens with zero attached hydrogens (tertiary/aromatic N) is 1. The molecule has 0 atom stereocenters. The van der Waals surface area contributed by atoms with E-state index in [1.165, 1.54) is 22.8 Å². The first-order chi connectivity index (χ1) is 9.25. The minimum Gasteiger partial charge on any atom is -0.341 e. The van der Waals surface area contributed by atoms with Gasteiger partial charge in [0.05, 0.1) is 0 Å². The third-order valence-corrected chi connectivity index (χ3v) is 4.12. The summed E-state index contributed by atoms with van der Waals surface area (Å²) in [5.41, 5.74) is 1.23. The molecule has 1 aliphatic rings. The molecule has 0 radical (unpaired) electrons. The molecule has 1 fully saturated rings. The lowest BCUT2D eigenvalue weighted by atomic mass is 9.84. The Morgan fingerprint density at radius 1 is 1.16 bits per heavy atom.